The Hall–Kier alpha value is -0.600. The van der Waals surface area contributed by atoms with Gasteiger partial charge in [-0.25, -0.2) is 0 Å². The number of aliphatic hydroxyl groups excluding tert-OH is 1. The smallest absolute Gasteiger partial charge is 0.0710 e. The van der Waals surface area contributed by atoms with Gasteiger partial charge in [-0.1, -0.05) is 30.2 Å². The number of aliphatic hydroxyl groups is 2. The Balaban J connectivity index is 2.44. The van der Waals surface area contributed by atoms with Crippen molar-refractivity contribution >= 4 is 0 Å². The largest absolute Gasteiger partial charge is 0.392 e. The topological polar surface area (TPSA) is 40.5 Å². The van der Waals surface area contributed by atoms with E-state index in [1.54, 1.807) is 0 Å². The first-order valence-corrected chi connectivity index (χ1v) is 6.62. The highest BCUT2D eigenvalue weighted by Crippen LogP contribution is 2.35. The Bertz CT molecular complexity index is 304. The number of hydrogen-bond acceptors (Lipinski definition) is 2. The van der Waals surface area contributed by atoms with Gasteiger partial charge >= 0.3 is 0 Å². The van der Waals surface area contributed by atoms with Gasteiger partial charge in [0.25, 0.3) is 0 Å². The molecule has 0 saturated heterocycles. The standard InChI is InChI=1S/C15H26O2/c1-12-7-9-15(17,10-8-12)14(3)6-4-5-13(2)11-16/h5,7,14,16-17H,4,6,8-11H2,1-3H3/t14-,15-/m0/s1. The predicted molar refractivity (Wildman–Crippen MR) is 71.8 cm³/mol. The molecule has 98 valence electrons. The van der Waals surface area contributed by atoms with Crippen molar-refractivity contribution in [3.8, 4) is 0 Å². The van der Waals surface area contributed by atoms with Crippen LogP contribution in [-0.2, 0) is 0 Å². The lowest BCUT2D eigenvalue weighted by Gasteiger charge is -2.36. The van der Waals surface area contributed by atoms with Crippen LogP contribution in [0.25, 0.3) is 0 Å². The molecule has 1 aliphatic rings. The molecule has 0 aromatic rings. The fourth-order valence-electron chi connectivity index (χ4n) is 2.33. The van der Waals surface area contributed by atoms with Gasteiger partial charge in [-0.2, -0.15) is 0 Å². The molecule has 2 heteroatoms. The first kappa shape index (κ1) is 14.5. The summed E-state index contributed by atoms with van der Waals surface area (Å²) in [6.45, 7) is 6.35. The van der Waals surface area contributed by atoms with Gasteiger partial charge < -0.3 is 10.2 Å². The van der Waals surface area contributed by atoms with E-state index in [0.29, 0.717) is 5.92 Å². The zero-order valence-corrected chi connectivity index (χ0v) is 11.4. The summed E-state index contributed by atoms with van der Waals surface area (Å²) in [4.78, 5) is 0. The molecule has 0 spiro atoms. The van der Waals surface area contributed by atoms with E-state index < -0.39 is 5.60 Å². The summed E-state index contributed by atoms with van der Waals surface area (Å²) in [6.07, 6.45) is 8.88. The lowest BCUT2D eigenvalue weighted by atomic mass is 9.75. The van der Waals surface area contributed by atoms with Gasteiger partial charge in [0.1, 0.15) is 0 Å². The summed E-state index contributed by atoms with van der Waals surface area (Å²) in [7, 11) is 0. The first-order chi connectivity index (χ1) is 7.98. The van der Waals surface area contributed by atoms with Crippen LogP contribution in [0.15, 0.2) is 23.3 Å². The molecule has 0 saturated carbocycles. The number of rotatable bonds is 5. The Morgan fingerprint density at radius 2 is 2.29 bits per heavy atom. The molecular weight excluding hydrogens is 212 g/mol. The van der Waals surface area contributed by atoms with Crippen LogP contribution in [0.1, 0.15) is 52.9 Å². The second-order valence-electron chi connectivity index (χ2n) is 5.55. The quantitative estimate of drug-likeness (QED) is 0.722. The molecule has 2 atom stereocenters. The van der Waals surface area contributed by atoms with Crippen LogP contribution in [0.2, 0.25) is 0 Å². The third-order valence-corrected chi connectivity index (χ3v) is 4.02. The van der Waals surface area contributed by atoms with Crippen molar-refractivity contribution in [2.75, 3.05) is 6.61 Å². The van der Waals surface area contributed by atoms with Crippen molar-refractivity contribution in [3.63, 3.8) is 0 Å². The molecule has 0 aromatic heterocycles. The monoisotopic (exact) mass is 238 g/mol. The minimum absolute atomic E-state index is 0.139. The Kier molecular flexibility index (Phi) is 5.41. The van der Waals surface area contributed by atoms with Gasteiger partial charge in [-0.15, -0.1) is 0 Å². The summed E-state index contributed by atoms with van der Waals surface area (Å²) in [5, 5.41) is 19.5. The highest BCUT2D eigenvalue weighted by molar-refractivity contribution is 5.09. The molecule has 2 nitrogen and oxygen atoms in total. The molecular formula is C15H26O2. The lowest BCUT2D eigenvalue weighted by molar-refractivity contribution is -0.0234. The van der Waals surface area contributed by atoms with Crippen LogP contribution >= 0.6 is 0 Å². The van der Waals surface area contributed by atoms with E-state index in [1.807, 2.05) is 6.92 Å². The van der Waals surface area contributed by atoms with Crippen molar-refractivity contribution in [2.45, 2.75) is 58.5 Å². The normalized spacial score (nSPS) is 27.8. The van der Waals surface area contributed by atoms with Crippen LogP contribution in [0.4, 0.5) is 0 Å². The highest BCUT2D eigenvalue weighted by Gasteiger charge is 2.33. The van der Waals surface area contributed by atoms with E-state index in [9.17, 15) is 5.11 Å². The van der Waals surface area contributed by atoms with Gasteiger partial charge in [0.15, 0.2) is 0 Å². The SMILES string of the molecule is CC(=CCC[C@H](C)[C@]1(O)CC=C(C)CC1)CO. The average Bonchev–Trinajstić information content (AvgIpc) is 2.32. The average molecular weight is 238 g/mol. The summed E-state index contributed by atoms with van der Waals surface area (Å²) >= 11 is 0. The first-order valence-electron chi connectivity index (χ1n) is 6.62. The zero-order chi connectivity index (χ0) is 12.9. The van der Waals surface area contributed by atoms with Gasteiger partial charge in [0.2, 0.25) is 0 Å². The fourth-order valence-corrected chi connectivity index (χ4v) is 2.33. The molecule has 0 radical (unpaired) electrons. The van der Waals surface area contributed by atoms with Crippen molar-refractivity contribution < 1.29 is 10.2 Å². The second-order valence-corrected chi connectivity index (χ2v) is 5.55. The molecule has 2 N–H and O–H groups in total. The molecule has 17 heavy (non-hydrogen) atoms. The van der Waals surface area contributed by atoms with Gasteiger partial charge in [-0.3, -0.25) is 0 Å². The maximum Gasteiger partial charge on any atom is 0.0710 e. The number of allylic oxidation sites excluding steroid dienone is 2. The van der Waals surface area contributed by atoms with E-state index in [-0.39, 0.29) is 6.61 Å². The third-order valence-electron chi connectivity index (χ3n) is 4.02. The van der Waals surface area contributed by atoms with Crippen molar-refractivity contribution in [3.05, 3.63) is 23.3 Å². The van der Waals surface area contributed by atoms with E-state index in [1.165, 1.54) is 5.57 Å². The fraction of sp³-hybridized carbons (Fsp3) is 0.733. The summed E-state index contributed by atoms with van der Waals surface area (Å²) in [5.41, 5.74) is 1.90. The van der Waals surface area contributed by atoms with Crippen LogP contribution in [-0.4, -0.2) is 22.4 Å². The van der Waals surface area contributed by atoms with Crippen LogP contribution in [0, 0.1) is 5.92 Å². The molecule has 0 fully saturated rings. The van der Waals surface area contributed by atoms with E-state index in [4.69, 9.17) is 5.11 Å². The Morgan fingerprint density at radius 1 is 1.59 bits per heavy atom. The molecule has 0 amide bonds. The van der Waals surface area contributed by atoms with E-state index >= 15 is 0 Å². The van der Waals surface area contributed by atoms with E-state index in [2.05, 4.69) is 26.0 Å². The molecule has 1 aliphatic carbocycles. The van der Waals surface area contributed by atoms with Gasteiger partial charge in [0.05, 0.1) is 12.2 Å². The highest BCUT2D eigenvalue weighted by atomic mass is 16.3. The van der Waals surface area contributed by atoms with Crippen LogP contribution in [0.3, 0.4) is 0 Å². The minimum atomic E-state index is -0.513. The molecule has 0 aliphatic heterocycles. The summed E-state index contributed by atoms with van der Waals surface area (Å²) in [5.74, 6) is 0.314. The molecule has 1 rings (SSSR count). The van der Waals surface area contributed by atoms with Gasteiger partial charge in [-0.05, 0) is 51.9 Å². The van der Waals surface area contributed by atoms with Crippen molar-refractivity contribution in [1.82, 2.24) is 0 Å². The van der Waals surface area contributed by atoms with Crippen LogP contribution < -0.4 is 0 Å². The number of hydrogen-bond donors (Lipinski definition) is 2. The zero-order valence-electron chi connectivity index (χ0n) is 11.4. The molecule has 0 unspecified atom stereocenters. The van der Waals surface area contributed by atoms with E-state index in [0.717, 1.165) is 37.7 Å². The Labute approximate surface area is 105 Å². The molecule has 0 aromatic carbocycles. The lowest BCUT2D eigenvalue weighted by Crippen LogP contribution is -2.37. The van der Waals surface area contributed by atoms with Crippen molar-refractivity contribution in [2.24, 2.45) is 5.92 Å². The summed E-state index contributed by atoms with van der Waals surface area (Å²) in [6, 6.07) is 0. The predicted octanol–water partition coefficient (Wildman–Crippen LogP) is 3.20. The maximum absolute atomic E-state index is 10.6. The van der Waals surface area contributed by atoms with Crippen LogP contribution in [0.5, 0.6) is 0 Å². The minimum Gasteiger partial charge on any atom is -0.392 e. The maximum atomic E-state index is 10.6. The Morgan fingerprint density at radius 3 is 2.82 bits per heavy atom. The van der Waals surface area contributed by atoms with Gasteiger partial charge in [0, 0.05) is 0 Å². The molecule has 0 bridgehead atoms. The van der Waals surface area contributed by atoms with Crippen molar-refractivity contribution in [1.29, 1.82) is 0 Å². The summed E-state index contributed by atoms with van der Waals surface area (Å²) < 4.78 is 0. The second kappa shape index (κ2) is 6.36. The molecule has 0 heterocycles. The third kappa shape index (κ3) is 4.29.